The second-order valence-corrected chi connectivity index (χ2v) is 15.7. The highest BCUT2D eigenvalue weighted by Crippen LogP contribution is 2.14. The summed E-state index contributed by atoms with van der Waals surface area (Å²) in [6.45, 7) is 6.47. The largest absolute Gasteiger partial charge is 0.462 e. The van der Waals surface area contributed by atoms with E-state index >= 15 is 0 Å². The predicted molar refractivity (Wildman–Crippen MR) is 238 cm³/mol. The Morgan fingerprint density at radius 1 is 0.357 bits per heavy atom. The molecule has 324 valence electrons. The monoisotopic (exact) mass is 785 g/mol. The number of carbonyl (C=O) groups excluding carboxylic acids is 3. The molecule has 0 aliphatic carbocycles. The van der Waals surface area contributed by atoms with Crippen LogP contribution >= 0.6 is 0 Å². The van der Waals surface area contributed by atoms with Crippen molar-refractivity contribution < 1.29 is 28.6 Å². The molecule has 6 nitrogen and oxygen atoms in total. The topological polar surface area (TPSA) is 78.9 Å². The number of allylic oxidation sites excluding steroid dienone is 8. The molecule has 1 atom stereocenters. The molecule has 0 aromatic carbocycles. The van der Waals surface area contributed by atoms with E-state index in [1.165, 1.54) is 89.9 Å². The molecule has 0 bridgehead atoms. The lowest BCUT2D eigenvalue weighted by molar-refractivity contribution is -0.167. The summed E-state index contributed by atoms with van der Waals surface area (Å²) in [4.78, 5) is 37.7. The number of esters is 3. The molecular weight excluding hydrogens is 697 g/mol. The van der Waals surface area contributed by atoms with Crippen molar-refractivity contribution in [1.82, 2.24) is 0 Å². The van der Waals surface area contributed by atoms with Gasteiger partial charge in [0.25, 0.3) is 0 Å². The Hall–Kier alpha value is -2.63. The van der Waals surface area contributed by atoms with Crippen LogP contribution in [-0.4, -0.2) is 37.2 Å². The van der Waals surface area contributed by atoms with E-state index in [1.807, 2.05) is 0 Å². The number of carbonyl (C=O) groups is 3. The Bertz CT molecular complexity index is 996. The van der Waals surface area contributed by atoms with E-state index in [0.717, 1.165) is 103 Å². The molecular formula is C50H88O6. The quantitative estimate of drug-likeness (QED) is 0.0265. The Labute approximate surface area is 346 Å². The van der Waals surface area contributed by atoms with Gasteiger partial charge in [0.1, 0.15) is 13.2 Å². The molecule has 0 rings (SSSR count). The van der Waals surface area contributed by atoms with Crippen LogP contribution in [0.25, 0.3) is 0 Å². The molecule has 6 heteroatoms. The Morgan fingerprint density at radius 2 is 0.679 bits per heavy atom. The van der Waals surface area contributed by atoms with Gasteiger partial charge >= 0.3 is 17.9 Å². The maximum atomic E-state index is 12.7. The van der Waals surface area contributed by atoms with Gasteiger partial charge in [0.05, 0.1) is 0 Å². The number of hydrogen-bond donors (Lipinski definition) is 0. The molecule has 0 saturated heterocycles. The Morgan fingerprint density at radius 3 is 1.07 bits per heavy atom. The van der Waals surface area contributed by atoms with Gasteiger partial charge < -0.3 is 14.2 Å². The molecule has 56 heavy (non-hydrogen) atoms. The van der Waals surface area contributed by atoms with Gasteiger partial charge in [0.2, 0.25) is 0 Å². The summed E-state index contributed by atoms with van der Waals surface area (Å²) in [7, 11) is 0. The van der Waals surface area contributed by atoms with Crippen molar-refractivity contribution in [2.24, 2.45) is 0 Å². The maximum Gasteiger partial charge on any atom is 0.306 e. The molecule has 0 aromatic heterocycles. The minimum atomic E-state index is -0.780. The molecule has 1 unspecified atom stereocenters. The highest BCUT2D eigenvalue weighted by molar-refractivity contribution is 5.71. The summed E-state index contributed by atoms with van der Waals surface area (Å²) in [6.07, 6.45) is 52.4. The Kier molecular flexibility index (Phi) is 43.0. The van der Waals surface area contributed by atoms with Crippen molar-refractivity contribution >= 4 is 17.9 Å². The van der Waals surface area contributed by atoms with Gasteiger partial charge in [-0.15, -0.1) is 0 Å². The van der Waals surface area contributed by atoms with Crippen LogP contribution in [0.4, 0.5) is 0 Å². The zero-order valence-corrected chi connectivity index (χ0v) is 36.9. The van der Waals surface area contributed by atoms with Crippen LogP contribution in [0.1, 0.15) is 233 Å². The first-order chi connectivity index (χ1) is 27.5. The normalized spacial score (nSPS) is 12.4. The third-order valence-corrected chi connectivity index (χ3v) is 9.99. The van der Waals surface area contributed by atoms with Crippen LogP contribution in [0, 0.1) is 0 Å². The van der Waals surface area contributed by atoms with Gasteiger partial charge in [-0.05, 0) is 89.9 Å². The van der Waals surface area contributed by atoms with E-state index in [1.54, 1.807) is 0 Å². The summed E-state index contributed by atoms with van der Waals surface area (Å²) in [5.74, 6) is -0.913. The molecule has 0 heterocycles. The van der Waals surface area contributed by atoms with E-state index < -0.39 is 6.10 Å². The van der Waals surface area contributed by atoms with Gasteiger partial charge in [-0.25, -0.2) is 0 Å². The van der Waals surface area contributed by atoms with Gasteiger partial charge in [-0.1, -0.05) is 172 Å². The lowest BCUT2D eigenvalue weighted by Crippen LogP contribution is -2.30. The van der Waals surface area contributed by atoms with Crippen molar-refractivity contribution in [2.75, 3.05) is 13.2 Å². The van der Waals surface area contributed by atoms with Crippen LogP contribution in [0.5, 0.6) is 0 Å². The molecule has 0 amide bonds. The number of rotatable bonds is 42. The summed E-state index contributed by atoms with van der Waals surface area (Å²) in [5.41, 5.74) is 0. The fraction of sp³-hybridized carbons (Fsp3) is 0.780. The fourth-order valence-corrected chi connectivity index (χ4v) is 6.42. The molecule has 0 aromatic rings. The van der Waals surface area contributed by atoms with Crippen LogP contribution in [-0.2, 0) is 28.6 Å². The van der Waals surface area contributed by atoms with E-state index in [4.69, 9.17) is 14.2 Å². The number of hydrogen-bond acceptors (Lipinski definition) is 6. The molecule has 0 aliphatic rings. The molecule has 0 radical (unpaired) electrons. The molecule has 0 aliphatic heterocycles. The average molecular weight is 785 g/mol. The van der Waals surface area contributed by atoms with E-state index in [-0.39, 0.29) is 31.1 Å². The van der Waals surface area contributed by atoms with Crippen molar-refractivity contribution in [3.05, 3.63) is 48.6 Å². The smallest absolute Gasteiger partial charge is 0.306 e. The van der Waals surface area contributed by atoms with Gasteiger partial charge in [-0.3, -0.25) is 14.4 Å². The summed E-state index contributed by atoms with van der Waals surface area (Å²) in [6, 6.07) is 0. The van der Waals surface area contributed by atoms with Crippen LogP contribution in [0.3, 0.4) is 0 Å². The molecule has 0 N–H and O–H groups in total. The second kappa shape index (κ2) is 45.1. The zero-order chi connectivity index (χ0) is 40.8. The fourth-order valence-electron chi connectivity index (χ4n) is 6.42. The molecule has 0 spiro atoms. The first-order valence-corrected chi connectivity index (χ1v) is 23.6. The van der Waals surface area contributed by atoms with E-state index in [0.29, 0.717) is 19.3 Å². The Balaban J connectivity index is 4.32. The summed E-state index contributed by atoms with van der Waals surface area (Å²) >= 11 is 0. The number of ether oxygens (including phenoxy) is 3. The lowest BCUT2D eigenvalue weighted by atomic mass is 10.1. The summed E-state index contributed by atoms with van der Waals surface area (Å²) in [5, 5.41) is 0. The third kappa shape index (κ3) is 42.5. The average Bonchev–Trinajstić information content (AvgIpc) is 3.19. The van der Waals surface area contributed by atoms with Crippen molar-refractivity contribution in [1.29, 1.82) is 0 Å². The summed E-state index contributed by atoms with van der Waals surface area (Å²) < 4.78 is 16.7. The maximum absolute atomic E-state index is 12.7. The predicted octanol–water partition coefficient (Wildman–Crippen LogP) is 15.1. The van der Waals surface area contributed by atoms with Crippen LogP contribution < -0.4 is 0 Å². The highest BCUT2D eigenvalue weighted by atomic mass is 16.6. The number of unbranched alkanes of at least 4 members (excludes halogenated alkanes) is 23. The van der Waals surface area contributed by atoms with Crippen LogP contribution in [0.2, 0.25) is 0 Å². The van der Waals surface area contributed by atoms with Crippen molar-refractivity contribution in [2.45, 2.75) is 239 Å². The first-order valence-electron chi connectivity index (χ1n) is 23.6. The van der Waals surface area contributed by atoms with Gasteiger partial charge in [-0.2, -0.15) is 0 Å². The minimum Gasteiger partial charge on any atom is -0.462 e. The second-order valence-electron chi connectivity index (χ2n) is 15.7. The highest BCUT2D eigenvalue weighted by Gasteiger charge is 2.19. The SMILES string of the molecule is CCC/C=C\CCCCCCCC(=O)OCC(COC(=O)CCCCCCCCC/C=C\C/C=C\CCCCCC)OC(=O)CCCCCCC/C=C\CCC. The lowest BCUT2D eigenvalue weighted by Gasteiger charge is -2.18. The van der Waals surface area contributed by atoms with Gasteiger partial charge in [0, 0.05) is 19.3 Å². The minimum absolute atomic E-state index is 0.0834. The van der Waals surface area contributed by atoms with Crippen molar-refractivity contribution in [3.8, 4) is 0 Å². The standard InChI is InChI=1S/C50H88O6/c1-4-7-10-13-16-19-22-23-24-25-26-27-28-29-32-34-37-40-43-49(52)55-46-47(56-50(53)44-41-38-35-31-21-18-15-12-9-6-3)45-54-48(51)42-39-36-33-30-20-17-14-11-8-5-2/h11-12,14-15,19,22,24-25,47H,4-10,13,16-18,20-21,23,26-46H2,1-3H3/b14-11-,15-12-,22-19-,25-24-. The first kappa shape index (κ1) is 53.4. The molecule has 0 saturated carbocycles. The zero-order valence-electron chi connectivity index (χ0n) is 36.9. The van der Waals surface area contributed by atoms with E-state index in [9.17, 15) is 14.4 Å². The van der Waals surface area contributed by atoms with E-state index in [2.05, 4.69) is 69.4 Å². The molecule has 0 fully saturated rings. The van der Waals surface area contributed by atoms with Crippen molar-refractivity contribution in [3.63, 3.8) is 0 Å². The third-order valence-electron chi connectivity index (χ3n) is 9.99. The van der Waals surface area contributed by atoms with Crippen LogP contribution in [0.15, 0.2) is 48.6 Å². The van der Waals surface area contributed by atoms with Gasteiger partial charge in [0.15, 0.2) is 6.10 Å².